The first-order valence-electron chi connectivity index (χ1n) is 7.05. The maximum absolute atomic E-state index is 10.7. The Morgan fingerprint density at radius 2 is 2.05 bits per heavy atom. The molecule has 2 aromatic carbocycles. The number of methoxy groups -OCH3 is 1. The third kappa shape index (κ3) is 2.49. The van der Waals surface area contributed by atoms with E-state index in [0.717, 1.165) is 11.1 Å². The lowest BCUT2D eigenvalue weighted by molar-refractivity contribution is 0.0885. The highest BCUT2D eigenvalue weighted by Crippen LogP contribution is 2.42. The molecule has 2 atom stereocenters. The van der Waals surface area contributed by atoms with Crippen LogP contribution in [0.1, 0.15) is 28.7 Å². The summed E-state index contributed by atoms with van der Waals surface area (Å²) in [5, 5.41) is 29.6. The highest BCUT2D eigenvalue weighted by Gasteiger charge is 2.31. The number of ether oxygens (including phenoxy) is 2. The van der Waals surface area contributed by atoms with Gasteiger partial charge in [-0.25, -0.2) is 0 Å². The van der Waals surface area contributed by atoms with Gasteiger partial charge in [-0.2, -0.15) is 0 Å². The van der Waals surface area contributed by atoms with Crippen molar-refractivity contribution in [3.05, 3.63) is 53.1 Å². The Bertz CT molecular complexity index is 683. The van der Waals surface area contributed by atoms with E-state index in [9.17, 15) is 15.3 Å². The number of aliphatic hydroxyl groups is 2. The molecular weight excluding hydrogens is 284 g/mol. The first-order valence-corrected chi connectivity index (χ1v) is 7.05. The Morgan fingerprint density at radius 3 is 2.77 bits per heavy atom. The van der Waals surface area contributed by atoms with E-state index >= 15 is 0 Å². The molecule has 3 rings (SSSR count). The van der Waals surface area contributed by atoms with Crippen molar-refractivity contribution in [3.8, 4) is 17.2 Å². The molecule has 0 amide bonds. The average molecular weight is 302 g/mol. The molecule has 22 heavy (non-hydrogen) atoms. The van der Waals surface area contributed by atoms with Crippen LogP contribution in [-0.2, 0) is 6.61 Å². The summed E-state index contributed by atoms with van der Waals surface area (Å²) in [6.45, 7) is 0.248. The summed E-state index contributed by atoms with van der Waals surface area (Å²) in [5.74, 6) is 0.780. The first-order chi connectivity index (χ1) is 10.6. The maximum atomic E-state index is 10.7. The summed E-state index contributed by atoms with van der Waals surface area (Å²) in [7, 11) is 1.48. The van der Waals surface area contributed by atoms with Gasteiger partial charge in [-0.05, 0) is 35.4 Å². The van der Waals surface area contributed by atoms with Crippen molar-refractivity contribution in [2.24, 2.45) is 0 Å². The van der Waals surface area contributed by atoms with Gasteiger partial charge in [0.25, 0.3) is 0 Å². The Hall–Kier alpha value is -2.24. The second-order valence-electron chi connectivity index (χ2n) is 5.32. The summed E-state index contributed by atoms with van der Waals surface area (Å²) in [4.78, 5) is 0. The van der Waals surface area contributed by atoms with E-state index in [-0.39, 0.29) is 18.3 Å². The molecule has 0 spiro atoms. The fourth-order valence-corrected chi connectivity index (χ4v) is 2.75. The second-order valence-corrected chi connectivity index (χ2v) is 5.32. The van der Waals surface area contributed by atoms with E-state index < -0.39 is 6.10 Å². The van der Waals surface area contributed by atoms with Gasteiger partial charge in [0.1, 0.15) is 5.75 Å². The number of hydrogen-bond acceptors (Lipinski definition) is 5. The quantitative estimate of drug-likeness (QED) is 0.809. The average Bonchev–Trinajstić information content (AvgIpc) is 2.56. The van der Waals surface area contributed by atoms with Gasteiger partial charge < -0.3 is 24.8 Å². The number of hydrogen-bond donors (Lipinski definition) is 3. The highest BCUT2D eigenvalue weighted by molar-refractivity contribution is 5.46. The molecule has 0 aromatic heterocycles. The van der Waals surface area contributed by atoms with Crippen LogP contribution in [0.5, 0.6) is 17.2 Å². The van der Waals surface area contributed by atoms with Crippen LogP contribution in [0.3, 0.4) is 0 Å². The normalized spacial score (nSPS) is 20.1. The van der Waals surface area contributed by atoms with Crippen LogP contribution in [0.4, 0.5) is 0 Å². The molecule has 0 bridgehead atoms. The van der Waals surface area contributed by atoms with E-state index in [4.69, 9.17) is 9.47 Å². The van der Waals surface area contributed by atoms with E-state index in [1.54, 1.807) is 36.4 Å². The molecule has 0 radical (unpaired) electrons. The summed E-state index contributed by atoms with van der Waals surface area (Å²) in [5.41, 5.74) is 2.21. The smallest absolute Gasteiger partial charge is 0.160 e. The molecule has 0 fully saturated rings. The van der Waals surface area contributed by atoms with Gasteiger partial charge in [0.2, 0.25) is 0 Å². The molecule has 5 nitrogen and oxygen atoms in total. The third-order valence-electron chi connectivity index (χ3n) is 4.01. The lowest BCUT2D eigenvalue weighted by Crippen LogP contribution is -2.24. The molecular formula is C17H18O5. The van der Waals surface area contributed by atoms with Crippen LogP contribution >= 0.6 is 0 Å². The number of aromatic hydroxyl groups is 1. The molecule has 1 aliphatic rings. The Morgan fingerprint density at radius 1 is 1.23 bits per heavy atom. The fraction of sp³-hybridized carbons (Fsp3) is 0.294. The van der Waals surface area contributed by atoms with Crippen molar-refractivity contribution >= 4 is 0 Å². The van der Waals surface area contributed by atoms with Gasteiger partial charge in [-0.3, -0.25) is 0 Å². The third-order valence-corrected chi connectivity index (χ3v) is 4.01. The van der Waals surface area contributed by atoms with E-state index in [0.29, 0.717) is 23.7 Å². The molecule has 0 aliphatic carbocycles. The molecule has 2 unspecified atom stereocenters. The Labute approximate surface area is 128 Å². The lowest BCUT2D eigenvalue weighted by Gasteiger charge is -2.31. The Balaban J connectivity index is 1.96. The van der Waals surface area contributed by atoms with E-state index in [2.05, 4.69) is 0 Å². The molecule has 5 heteroatoms. The van der Waals surface area contributed by atoms with Gasteiger partial charge in [-0.1, -0.05) is 12.1 Å². The second kappa shape index (κ2) is 5.87. The summed E-state index contributed by atoms with van der Waals surface area (Å²) >= 11 is 0. The van der Waals surface area contributed by atoms with Gasteiger partial charge in [0.15, 0.2) is 11.5 Å². The van der Waals surface area contributed by atoms with Gasteiger partial charge in [-0.15, -0.1) is 0 Å². The number of fused-ring (bicyclic) bond motifs is 1. The predicted molar refractivity (Wildman–Crippen MR) is 80.2 cm³/mol. The van der Waals surface area contributed by atoms with Crippen LogP contribution in [0, 0.1) is 0 Å². The van der Waals surface area contributed by atoms with E-state index in [1.807, 2.05) is 0 Å². The summed E-state index contributed by atoms with van der Waals surface area (Å²) in [6.07, 6.45) is -0.746. The van der Waals surface area contributed by atoms with Crippen LogP contribution < -0.4 is 9.47 Å². The number of benzene rings is 2. The molecule has 116 valence electrons. The number of phenolic OH excluding ortho intramolecular Hbond substituents is 1. The minimum atomic E-state index is -0.746. The summed E-state index contributed by atoms with van der Waals surface area (Å²) < 4.78 is 10.8. The van der Waals surface area contributed by atoms with Crippen LogP contribution in [0.15, 0.2) is 36.4 Å². The SMILES string of the molecule is COc1cc(C2COc3ccc(CO)cc3C2O)ccc1O. The number of aliphatic hydroxyl groups excluding tert-OH is 2. The molecule has 0 saturated carbocycles. The van der Waals surface area contributed by atoms with Crippen LogP contribution in [0.2, 0.25) is 0 Å². The van der Waals surface area contributed by atoms with E-state index in [1.165, 1.54) is 7.11 Å². The first kappa shape index (κ1) is 14.7. The van der Waals surface area contributed by atoms with Crippen molar-refractivity contribution < 1.29 is 24.8 Å². The number of phenols is 1. The highest BCUT2D eigenvalue weighted by atomic mass is 16.5. The van der Waals surface area contributed by atoms with Gasteiger partial charge >= 0.3 is 0 Å². The number of rotatable bonds is 3. The molecule has 0 saturated heterocycles. The molecule has 2 aromatic rings. The minimum absolute atomic E-state index is 0.0560. The molecule has 1 aliphatic heterocycles. The monoisotopic (exact) mass is 302 g/mol. The van der Waals surface area contributed by atoms with Gasteiger partial charge in [0.05, 0.1) is 26.4 Å². The molecule has 3 N–H and O–H groups in total. The van der Waals surface area contributed by atoms with Crippen LogP contribution in [0.25, 0.3) is 0 Å². The van der Waals surface area contributed by atoms with Crippen LogP contribution in [-0.4, -0.2) is 29.0 Å². The van der Waals surface area contributed by atoms with Crippen molar-refractivity contribution in [3.63, 3.8) is 0 Å². The summed E-state index contributed by atoms with van der Waals surface area (Å²) in [6, 6.07) is 10.3. The van der Waals surface area contributed by atoms with Gasteiger partial charge in [0, 0.05) is 11.5 Å². The zero-order chi connectivity index (χ0) is 15.7. The van der Waals surface area contributed by atoms with Crippen molar-refractivity contribution in [1.82, 2.24) is 0 Å². The van der Waals surface area contributed by atoms with Crippen molar-refractivity contribution in [2.75, 3.05) is 13.7 Å². The molecule has 1 heterocycles. The van der Waals surface area contributed by atoms with Crippen molar-refractivity contribution in [2.45, 2.75) is 18.6 Å². The Kier molecular flexibility index (Phi) is 3.92. The largest absolute Gasteiger partial charge is 0.504 e. The van der Waals surface area contributed by atoms with Crippen molar-refractivity contribution in [1.29, 1.82) is 0 Å². The minimum Gasteiger partial charge on any atom is -0.504 e. The fourth-order valence-electron chi connectivity index (χ4n) is 2.75. The lowest BCUT2D eigenvalue weighted by atomic mass is 9.87. The topological polar surface area (TPSA) is 79.2 Å². The zero-order valence-corrected chi connectivity index (χ0v) is 12.2. The zero-order valence-electron chi connectivity index (χ0n) is 12.2. The predicted octanol–water partition coefficient (Wildman–Crippen LogP) is 2.10. The maximum Gasteiger partial charge on any atom is 0.160 e. The standard InChI is InChI=1S/C17H18O5/c1-21-16-7-11(3-4-14(16)19)13-9-22-15-5-2-10(8-18)6-12(15)17(13)20/h2-7,13,17-20H,8-9H2,1H3.